The smallest absolute Gasteiger partial charge is 0.105 e. The average molecular weight is 382 g/mol. The first kappa shape index (κ1) is 22.3. The van der Waals surface area contributed by atoms with Gasteiger partial charge in [0.2, 0.25) is 0 Å². The fraction of sp³-hybridized carbons (Fsp3) is 0.545. The van der Waals surface area contributed by atoms with E-state index in [-0.39, 0.29) is 12.4 Å². The molecule has 0 saturated heterocycles. The molecule has 0 amide bonds. The summed E-state index contributed by atoms with van der Waals surface area (Å²) in [4.78, 5) is 0. The molecule has 2 rings (SSSR count). The van der Waals surface area contributed by atoms with Crippen LogP contribution in [0.3, 0.4) is 0 Å². The fourth-order valence-electron chi connectivity index (χ4n) is 3.69. The molecule has 1 nitrogen and oxygen atoms in total. The summed E-state index contributed by atoms with van der Waals surface area (Å²) in [6, 6.07) is 8.70. The van der Waals surface area contributed by atoms with E-state index >= 15 is 0 Å². The topological polar surface area (TPSA) is 0 Å². The van der Waals surface area contributed by atoms with Crippen LogP contribution in [0.15, 0.2) is 48.1 Å². The minimum Gasteiger partial charge on any atom is -1.00 e. The van der Waals surface area contributed by atoms with Crippen molar-refractivity contribution >= 4 is 11.6 Å². The average Bonchev–Trinajstić information content (AvgIpc) is 2.48. The Bertz CT molecular complexity index is 611. The van der Waals surface area contributed by atoms with Crippen LogP contribution in [-0.4, -0.2) is 24.6 Å². The molecule has 0 aliphatic heterocycles. The van der Waals surface area contributed by atoms with Crippen molar-refractivity contribution < 1.29 is 16.9 Å². The van der Waals surface area contributed by atoms with Gasteiger partial charge in [0.1, 0.15) is 12.6 Å². The molecule has 0 spiro atoms. The molecule has 0 saturated carbocycles. The van der Waals surface area contributed by atoms with Gasteiger partial charge in [-0.25, -0.2) is 0 Å². The molecule has 1 aliphatic rings. The lowest BCUT2D eigenvalue weighted by molar-refractivity contribution is -0.919. The third-order valence-electron chi connectivity index (χ3n) is 5.78. The summed E-state index contributed by atoms with van der Waals surface area (Å²) >= 11 is 6.00. The Morgan fingerprint density at radius 3 is 2.40 bits per heavy atom. The van der Waals surface area contributed by atoms with E-state index < -0.39 is 0 Å². The predicted octanol–water partition coefficient (Wildman–Crippen LogP) is 3.25. The second-order valence-electron chi connectivity index (χ2n) is 8.64. The Hall–Kier alpha value is -0.760. The van der Waals surface area contributed by atoms with Crippen molar-refractivity contribution in [2.75, 3.05) is 14.1 Å². The Balaban J connectivity index is 0.00000312. The zero-order valence-corrected chi connectivity index (χ0v) is 18.0. The molecule has 0 bridgehead atoms. The maximum atomic E-state index is 6.00. The fourth-order valence-corrected chi connectivity index (χ4v) is 3.82. The molecule has 1 aromatic carbocycles. The Morgan fingerprint density at radius 2 is 1.84 bits per heavy atom. The summed E-state index contributed by atoms with van der Waals surface area (Å²) < 4.78 is 0.939. The van der Waals surface area contributed by atoms with Crippen molar-refractivity contribution in [1.29, 1.82) is 0 Å². The van der Waals surface area contributed by atoms with Crippen LogP contribution in [0.25, 0.3) is 0 Å². The highest BCUT2D eigenvalue weighted by molar-refractivity contribution is 6.30. The molecule has 0 heterocycles. The second kappa shape index (κ2) is 8.75. The minimum atomic E-state index is 0. The number of allylic oxidation sites excluding steroid dienone is 3. The molecule has 0 N–H and O–H groups in total. The van der Waals surface area contributed by atoms with Crippen molar-refractivity contribution in [2.45, 2.75) is 53.1 Å². The van der Waals surface area contributed by atoms with Crippen LogP contribution in [0, 0.1) is 11.3 Å². The van der Waals surface area contributed by atoms with Gasteiger partial charge in [-0.3, -0.25) is 0 Å². The third-order valence-corrected chi connectivity index (χ3v) is 6.03. The van der Waals surface area contributed by atoms with Gasteiger partial charge in [-0.1, -0.05) is 55.3 Å². The lowest BCUT2D eigenvalue weighted by atomic mass is 9.68. The van der Waals surface area contributed by atoms with Gasteiger partial charge < -0.3 is 16.9 Å². The molecular formula is C22H33Cl2N. The summed E-state index contributed by atoms with van der Waals surface area (Å²) in [7, 11) is 4.61. The molecular weight excluding hydrogens is 349 g/mol. The van der Waals surface area contributed by atoms with E-state index in [1.54, 1.807) is 0 Å². The summed E-state index contributed by atoms with van der Waals surface area (Å²) in [6.07, 6.45) is 9.79. The number of nitrogens with zero attached hydrogens (tertiary/aromatic N) is 1. The second-order valence-corrected chi connectivity index (χ2v) is 9.08. The van der Waals surface area contributed by atoms with Crippen LogP contribution >= 0.6 is 11.6 Å². The van der Waals surface area contributed by atoms with Crippen LogP contribution in [0.5, 0.6) is 0 Å². The number of hydrogen-bond acceptors (Lipinski definition) is 0. The Kier molecular flexibility index (Phi) is 7.80. The molecule has 3 heteroatoms. The maximum Gasteiger partial charge on any atom is 0.105 e. The minimum absolute atomic E-state index is 0. The first-order valence-electron chi connectivity index (χ1n) is 9.04. The highest BCUT2D eigenvalue weighted by atomic mass is 35.5. The normalized spacial score (nSPS) is 21.6. The van der Waals surface area contributed by atoms with Crippen molar-refractivity contribution in [1.82, 2.24) is 0 Å². The first-order valence-corrected chi connectivity index (χ1v) is 9.42. The molecule has 0 aromatic heterocycles. The van der Waals surface area contributed by atoms with Gasteiger partial charge in [0.15, 0.2) is 0 Å². The molecule has 0 radical (unpaired) electrons. The van der Waals surface area contributed by atoms with Gasteiger partial charge in [0, 0.05) is 16.5 Å². The van der Waals surface area contributed by atoms with Crippen LogP contribution in [0.2, 0.25) is 5.02 Å². The van der Waals surface area contributed by atoms with E-state index in [1.165, 1.54) is 24.0 Å². The highest BCUT2D eigenvalue weighted by Gasteiger charge is 2.31. The molecule has 1 aromatic rings. The monoisotopic (exact) mass is 381 g/mol. The van der Waals surface area contributed by atoms with Gasteiger partial charge >= 0.3 is 0 Å². The van der Waals surface area contributed by atoms with Crippen molar-refractivity contribution in [2.24, 2.45) is 11.3 Å². The number of rotatable bonds is 5. The highest BCUT2D eigenvalue weighted by Crippen LogP contribution is 2.41. The standard InChI is InChI=1S/C22H33ClN.ClH/c1-17-8-7-15-22(3,4)21(17)14-9-18(2)24(5,6)16-19-10-12-20(23)13-11-19;/h8-14,18,21H,7,15-16H2,1-6H3;1H/q+1;/p-1. The quantitative estimate of drug-likeness (QED) is 0.542. The van der Waals surface area contributed by atoms with E-state index in [4.69, 9.17) is 11.6 Å². The summed E-state index contributed by atoms with van der Waals surface area (Å²) in [5.41, 5.74) is 3.22. The number of likely N-dealkylation sites (N-methyl/N-ethyl adjacent to an activating group) is 1. The van der Waals surface area contributed by atoms with Gasteiger partial charge in [0.05, 0.1) is 14.1 Å². The summed E-state index contributed by atoms with van der Waals surface area (Å²) in [5, 5.41) is 0.804. The SMILES string of the molecule is CC1=CCCC(C)(C)C1C=CC(C)[N+](C)(C)Cc1ccc(Cl)cc1.[Cl-]. The molecule has 0 fully saturated rings. The molecule has 25 heavy (non-hydrogen) atoms. The van der Waals surface area contributed by atoms with E-state index in [9.17, 15) is 0 Å². The maximum absolute atomic E-state index is 6.00. The largest absolute Gasteiger partial charge is 1.00 e. The van der Waals surface area contributed by atoms with Crippen molar-refractivity contribution in [3.63, 3.8) is 0 Å². The van der Waals surface area contributed by atoms with Crippen molar-refractivity contribution in [3.8, 4) is 0 Å². The van der Waals surface area contributed by atoms with Gasteiger partial charge in [0.25, 0.3) is 0 Å². The summed E-state index contributed by atoms with van der Waals surface area (Å²) in [6.45, 7) is 10.4. The molecule has 1 aliphatic carbocycles. The molecule has 2 atom stereocenters. The first-order chi connectivity index (χ1) is 11.1. The van der Waals surface area contributed by atoms with Crippen LogP contribution in [0.1, 0.15) is 46.1 Å². The van der Waals surface area contributed by atoms with E-state index in [0.29, 0.717) is 17.4 Å². The summed E-state index contributed by atoms with van der Waals surface area (Å²) in [5.74, 6) is 0.559. The third kappa shape index (κ3) is 5.88. The zero-order chi connectivity index (χ0) is 18.0. The number of benzene rings is 1. The van der Waals surface area contributed by atoms with Gasteiger partial charge in [-0.05, 0) is 50.3 Å². The van der Waals surface area contributed by atoms with Gasteiger partial charge in [-0.2, -0.15) is 0 Å². The Morgan fingerprint density at radius 1 is 1.24 bits per heavy atom. The van der Waals surface area contributed by atoms with E-state index in [2.05, 4.69) is 72.2 Å². The van der Waals surface area contributed by atoms with E-state index in [1.807, 2.05) is 12.1 Å². The Labute approximate surface area is 165 Å². The van der Waals surface area contributed by atoms with Crippen LogP contribution in [0.4, 0.5) is 0 Å². The zero-order valence-electron chi connectivity index (χ0n) is 16.5. The number of hydrogen-bond donors (Lipinski definition) is 0. The van der Waals surface area contributed by atoms with Crippen LogP contribution < -0.4 is 12.4 Å². The van der Waals surface area contributed by atoms with Crippen molar-refractivity contribution in [3.05, 3.63) is 58.7 Å². The van der Waals surface area contributed by atoms with Crippen LogP contribution in [-0.2, 0) is 6.54 Å². The lowest BCUT2D eigenvalue weighted by Gasteiger charge is -2.38. The molecule has 140 valence electrons. The van der Waals surface area contributed by atoms with Gasteiger partial charge in [-0.15, -0.1) is 0 Å². The molecule has 2 unspecified atom stereocenters. The van der Waals surface area contributed by atoms with E-state index in [0.717, 1.165) is 16.1 Å². The number of quaternary nitrogens is 1. The predicted molar refractivity (Wildman–Crippen MR) is 106 cm³/mol. The lowest BCUT2D eigenvalue weighted by Crippen LogP contribution is -3.00. The number of halogens is 2.